The first-order chi connectivity index (χ1) is 10.7. The van der Waals surface area contributed by atoms with Crippen molar-refractivity contribution in [2.45, 2.75) is 70.4 Å². The highest BCUT2D eigenvalue weighted by atomic mass is 16.5. The van der Waals surface area contributed by atoms with Crippen LogP contribution in [0.2, 0.25) is 0 Å². The monoisotopic (exact) mass is 301 g/mol. The Labute approximate surface area is 133 Å². The van der Waals surface area contributed by atoms with E-state index in [1.807, 2.05) is 18.2 Å². The predicted molar refractivity (Wildman–Crippen MR) is 87.8 cm³/mol. The van der Waals surface area contributed by atoms with E-state index in [-0.39, 0.29) is 23.5 Å². The second-order valence-corrected chi connectivity index (χ2v) is 6.78. The van der Waals surface area contributed by atoms with Crippen molar-refractivity contribution in [1.29, 1.82) is 0 Å². The molecule has 120 valence electrons. The first kappa shape index (κ1) is 15.4. The second kappa shape index (κ2) is 6.31. The van der Waals surface area contributed by atoms with E-state index in [9.17, 15) is 4.79 Å². The second-order valence-electron chi connectivity index (χ2n) is 6.78. The van der Waals surface area contributed by atoms with E-state index in [1.165, 1.54) is 12.8 Å². The third-order valence-corrected chi connectivity index (χ3v) is 5.53. The van der Waals surface area contributed by atoms with E-state index in [0.717, 1.165) is 43.4 Å². The van der Waals surface area contributed by atoms with Crippen molar-refractivity contribution in [3.05, 3.63) is 29.8 Å². The standard InChI is InChI=1S/C19H27NO2/c1-3-19(4-2)13-16(15-11-7-8-12-17(15)22-19)20-18(21)14-9-5-6-10-14/h7-8,11-12,14,16H,3-6,9-10,13H2,1-2H3,(H,20,21). The molecule has 22 heavy (non-hydrogen) atoms. The number of benzene rings is 1. The summed E-state index contributed by atoms with van der Waals surface area (Å²) in [4.78, 5) is 12.6. The molecule has 1 N–H and O–H groups in total. The molecule has 1 heterocycles. The average molecular weight is 301 g/mol. The number of nitrogens with one attached hydrogen (secondary N) is 1. The quantitative estimate of drug-likeness (QED) is 0.896. The summed E-state index contributed by atoms with van der Waals surface area (Å²) in [5.74, 6) is 1.39. The summed E-state index contributed by atoms with van der Waals surface area (Å²) in [5, 5.41) is 3.32. The van der Waals surface area contributed by atoms with Gasteiger partial charge in [-0.05, 0) is 31.7 Å². The number of hydrogen-bond acceptors (Lipinski definition) is 2. The fourth-order valence-electron chi connectivity index (χ4n) is 3.91. The lowest BCUT2D eigenvalue weighted by Crippen LogP contribution is -2.45. The van der Waals surface area contributed by atoms with Gasteiger partial charge in [0.1, 0.15) is 11.4 Å². The minimum atomic E-state index is -0.151. The highest BCUT2D eigenvalue weighted by Crippen LogP contribution is 2.42. The van der Waals surface area contributed by atoms with E-state index in [0.29, 0.717) is 0 Å². The highest BCUT2D eigenvalue weighted by molar-refractivity contribution is 5.79. The molecule has 1 aliphatic heterocycles. The normalized spacial score (nSPS) is 23.6. The van der Waals surface area contributed by atoms with E-state index >= 15 is 0 Å². The molecule has 0 spiro atoms. The van der Waals surface area contributed by atoms with Gasteiger partial charge in [0.25, 0.3) is 0 Å². The van der Waals surface area contributed by atoms with Crippen LogP contribution in [0.15, 0.2) is 24.3 Å². The molecule has 0 saturated heterocycles. The van der Waals surface area contributed by atoms with Gasteiger partial charge in [0.15, 0.2) is 0 Å². The topological polar surface area (TPSA) is 38.3 Å². The minimum Gasteiger partial charge on any atom is -0.487 e. The van der Waals surface area contributed by atoms with E-state index in [1.54, 1.807) is 0 Å². The molecule has 1 aliphatic carbocycles. The summed E-state index contributed by atoms with van der Waals surface area (Å²) >= 11 is 0. The van der Waals surface area contributed by atoms with Crippen molar-refractivity contribution in [3.63, 3.8) is 0 Å². The zero-order chi connectivity index (χ0) is 15.6. The summed E-state index contributed by atoms with van der Waals surface area (Å²) in [7, 11) is 0. The Balaban J connectivity index is 1.83. The van der Waals surface area contributed by atoms with Crippen molar-refractivity contribution in [2.75, 3.05) is 0 Å². The van der Waals surface area contributed by atoms with Crippen LogP contribution in [0.25, 0.3) is 0 Å². The third-order valence-electron chi connectivity index (χ3n) is 5.53. The Bertz CT molecular complexity index is 530. The van der Waals surface area contributed by atoms with Crippen LogP contribution >= 0.6 is 0 Å². The van der Waals surface area contributed by atoms with Gasteiger partial charge in [0.2, 0.25) is 5.91 Å². The van der Waals surface area contributed by atoms with Gasteiger partial charge in [0.05, 0.1) is 6.04 Å². The van der Waals surface area contributed by atoms with Crippen molar-refractivity contribution < 1.29 is 9.53 Å². The van der Waals surface area contributed by atoms with Crippen LogP contribution in [0.4, 0.5) is 0 Å². The summed E-state index contributed by atoms with van der Waals surface area (Å²) < 4.78 is 6.30. The van der Waals surface area contributed by atoms with Crippen LogP contribution in [-0.4, -0.2) is 11.5 Å². The minimum absolute atomic E-state index is 0.0814. The number of carbonyl (C=O) groups is 1. The Morgan fingerprint density at radius 1 is 1.23 bits per heavy atom. The van der Waals surface area contributed by atoms with Gasteiger partial charge in [-0.1, -0.05) is 44.9 Å². The van der Waals surface area contributed by atoms with Gasteiger partial charge in [-0.15, -0.1) is 0 Å². The number of hydrogen-bond donors (Lipinski definition) is 1. The Hall–Kier alpha value is -1.51. The van der Waals surface area contributed by atoms with Crippen LogP contribution in [0.3, 0.4) is 0 Å². The number of fused-ring (bicyclic) bond motifs is 1. The van der Waals surface area contributed by atoms with Crippen molar-refractivity contribution >= 4 is 5.91 Å². The lowest BCUT2D eigenvalue weighted by atomic mass is 9.83. The summed E-state index contributed by atoms with van der Waals surface area (Å²) in [5.41, 5.74) is 0.980. The first-order valence-corrected chi connectivity index (χ1v) is 8.76. The lowest BCUT2D eigenvalue weighted by molar-refractivity contribution is -0.126. The molecule has 1 aromatic carbocycles. The summed E-state index contributed by atoms with van der Waals surface area (Å²) in [6, 6.07) is 8.24. The fraction of sp³-hybridized carbons (Fsp3) is 0.632. The first-order valence-electron chi connectivity index (χ1n) is 8.76. The molecule has 1 atom stereocenters. The van der Waals surface area contributed by atoms with Crippen molar-refractivity contribution in [3.8, 4) is 5.75 Å². The van der Waals surface area contributed by atoms with Crippen molar-refractivity contribution in [1.82, 2.24) is 5.32 Å². The van der Waals surface area contributed by atoms with Gasteiger partial charge >= 0.3 is 0 Å². The lowest BCUT2D eigenvalue weighted by Gasteiger charge is -2.42. The Morgan fingerprint density at radius 3 is 2.59 bits per heavy atom. The maximum absolute atomic E-state index is 12.6. The zero-order valence-electron chi connectivity index (χ0n) is 13.7. The number of carbonyl (C=O) groups excluding carboxylic acids is 1. The fourth-order valence-corrected chi connectivity index (χ4v) is 3.91. The number of rotatable bonds is 4. The maximum atomic E-state index is 12.6. The van der Waals surface area contributed by atoms with E-state index in [4.69, 9.17) is 4.74 Å². The van der Waals surface area contributed by atoms with Crippen molar-refractivity contribution in [2.24, 2.45) is 5.92 Å². The SMILES string of the molecule is CCC1(CC)CC(NC(=O)C2CCCC2)c2ccccc2O1. The van der Waals surface area contributed by atoms with Crippen LogP contribution in [0.5, 0.6) is 5.75 Å². The van der Waals surface area contributed by atoms with E-state index < -0.39 is 0 Å². The molecular formula is C19H27NO2. The molecule has 0 aromatic heterocycles. The summed E-state index contributed by atoms with van der Waals surface area (Å²) in [6.07, 6.45) is 7.27. The zero-order valence-corrected chi connectivity index (χ0v) is 13.7. The Morgan fingerprint density at radius 2 is 1.91 bits per heavy atom. The van der Waals surface area contributed by atoms with Gasteiger partial charge in [0, 0.05) is 17.9 Å². The smallest absolute Gasteiger partial charge is 0.223 e. The van der Waals surface area contributed by atoms with Gasteiger partial charge < -0.3 is 10.1 Å². The van der Waals surface area contributed by atoms with Crippen LogP contribution in [0.1, 0.15) is 70.4 Å². The van der Waals surface area contributed by atoms with Crippen LogP contribution in [-0.2, 0) is 4.79 Å². The molecule has 3 heteroatoms. The molecule has 1 aromatic rings. The molecule has 0 bridgehead atoms. The molecule has 1 unspecified atom stereocenters. The molecule has 3 rings (SSSR count). The molecule has 1 fully saturated rings. The molecule has 1 amide bonds. The molecule has 1 saturated carbocycles. The average Bonchev–Trinajstić information content (AvgIpc) is 3.09. The molecule has 2 aliphatic rings. The predicted octanol–water partition coefficient (Wildman–Crippen LogP) is 4.38. The van der Waals surface area contributed by atoms with E-state index in [2.05, 4.69) is 25.2 Å². The number of amides is 1. The van der Waals surface area contributed by atoms with Crippen LogP contribution in [0, 0.1) is 5.92 Å². The molecule has 3 nitrogen and oxygen atoms in total. The Kier molecular flexibility index (Phi) is 4.42. The largest absolute Gasteiger partial charge is 0.487 e. The number of para-hydroxylation sites is 1. The summed E-state index contributed by atoms with van der Waals surface area (Å²) in [6.45, 7) is 4.35. The van der Waals surface area contributed by atoms with Crippen LogP contribution < -0.4 is 10.1 Å². The number of ether oxygens (including phenoxy) is 1. The van der Waals surface area contributed by atoms with Gasteiger partial charge in [-0.3, -0.25) is 4.79 Å². The van der Waals surface area contributed by atoms with Gasteiger partial charge in [-0.2, -0.15) is 0 Å². The maximum Gasteiger partial charge on any atom is 0.223 e. The highest BCUT2D eigenvalue weighted by Gasteiger charge is 2.39. The third kappa shape index (κ3) is 2.86. The van der Waals surface area contributed by atoms with Gasteiger partial charge in [-0.25, -0.2) is 0 Å². The molecular weight excluding hydrogens is 274 g/mol. The molecule has 0 radical (unpaired) electrons.